The average molecular weight is 358 g/mol. The lowest BCUT2D eigenvalue weighted by atomic mass is 9.84. The topological polar surface area (TPSA) is 17.8 Å². The maximum atomic E-state index is 5.89. The summed E-state index contributed by atoms with van der Waals surface area (Å²) in [6.45, 7) is 0. The van der Waals surface area contributed by atoms with Gasteiger partial charge in [-0.05, 0) is 48.2 Å². The largest absolute Gasteiger partial charge is 0.292 e. The third kappa shape index (κ3) is 2.99. The summed E-state index contributed by atoms with van der Waals surface area (Å²) in [6.07, 6.45) is 6.07. The standard InChI is InChI=1S/C25H19BN2/c26-21-16-14-19(15-17-21)18-10-12-20(13-11-18)25-27-23-8-4-5-9-24(23)28(25)22-6-2-1-3-7-22/h1-14,16H,15,17H2. The first-order valence-electron chi connectivity index (χ1n) is 9.58. The quantitative estimate of drug-likeness (QED) is 0.416. The number of rotatable bonds is 3. The third-order valence-electron chi connectivity index (χ3n) is 5.27. The number of hydrogen-bond donors (Lipinski definition) is 0. The molecule has 0 spiro atoms. The van der Waals surface area contributed by atoms with Crippen LogP contribution in [0, 0.1) is 0 Å². The highest BCUT2D eigenvalue weighted by Crippen LogP contribution is 2.31. The summed E-state index contributed by atoms with van der Waals surface area (Å²) < 4.78 is 2.23. The lowest BCUT2D eigenvalue weighted by molar-refractivity contribution is 1.03. The molecule has 0 N–H and O–H groups in total. The predicted molar refractivity (Wildman–Crippen MR) is 118 cm³/mol. The van der Waals surface area contributed by atoms with E-state index in [-0.39, 0.29) is 0 Å². The summed E-state index contributed by atoms with van der Waals surface area (Å²) in [5.74, 6) is 0.959. The van der Waals surface area contributed by atoms with E-state index in [1.807, 2.05) is 18.2 Å². The molecule has 0 atom stereocenters. The minimum atomic E-state index is 0.928. The van der Waals surface area contributed by atoms with E-state index in [0.717, 1.165) is 46.4 Å². The van der Waals surface area contributed by atoms with Crippen LogP contribution in [0.5, 0.6) is 0 Å². The first-order chi connectivity index (χ1) is 13.8. The van der Waals surface area contributed by atoms with Gasteiger partial charge in [-0.2, -0.15) is 0 Å². The molecule has 3 aromatic carbocycles. The van der Waals surface area contributed by atoms with Crippen LogP contribution >= 0.6 is 0 Å². The highest BCUT2D eigenvalue weighted by atomic mass is 15.1. The molecule has 0 unspecified atom stereocenters. The van der Waals surface area contributed by atoms with Crippen molar-refractivity contribution < 1.29 is 0 Å². The molecule has 132 valence electrons. The smallest absolute Gasteiger partial charge is 0.145 e. The Morgan fingerprint density at radius 1 is 0.714 bits per heavy atom. The van der Waals surface area contributed by atoms with E-state index in [9.17, 15) is 0 Å². The SMILES string of the molecule is [B]C1=CC=C(c2ccc(-c3nc4ccccc4n3-c3ccccc3)cc2)CC1. The molecule has 1 heterocycles. The monoisotopic (exact) mass is 358 g/mol. The van der Waals surface area contributed by atoms with Gasteiger partial charge in [0.1, 0.15) is 13.7 Å². The lowest BCUT2D eigenvalue weighted by Crippen LogP contribution is -1.98. The summed E-state index contributed by atoms with van der Waals surface area (Å²) in [6, 6.07) is 27.4. The van der Waals surface area contributed by atoms with E-state index in [1.54, 1.807) is 0 Å². The summed E-state index contributed by atoms with van der Waals surface area (Å²) in [5.41, 5.74) is 7.87. The van der Waals surface area contributed by atoms with Crippen LogP contribution in [0.3, 0.4) is 0 Å². The molecule has 1 aliphatic rings. The molecular formula is C25H19BN2. The molecule has 0 amide bonds. The minimum Gasteiger partial charge on any atom is -0.292 e. The molecule has 4 aromatic rings. The molecule has 0 saturated carbocycles. The Labute approximate surface area is 166 Å². The number of allylic oxidation sites excluding steroid dienone is 4. The Hall–Kier alpha value is -3.33. The van der Waals surface area contributed by atoms with Gasteiger partial charge >= 0.3 is 0 Å². The molecule has 1 aromatic heterocycles. The molecule has 1 aliphatic carbocycles. The van der Waals surface area contributed by atoms with Gasteiger partial charge in [0.15, 0.2) is 0 Å². The van der Waals surface area contributed by atoms with E-state index in [2.05, 4.69) is 77.4 Å². The van der Waals surface area contributed by atoms with Gasteiger partial charge in [-0.15, -0.1) is 5.47 Å². The van der Waals surface area contributed by atoms with Crippen LogP contribution in [0.1, 0.15) is 18.4 Å². The molecule has 3 heteroatoms. The van der Waals surface area contributed by atoms with Crippen molar-refractivity contribution in [3.8, 4) is 17.1 Å². The molecule has 2 nitrogen and oxygen atoms in total. The fourth-order valence-corrected chi connectivity index (χ4v) is 3.79. The predicted octanol–water partition coefficient (Wildman–Crippen LogP) is 5.92. The fraction of sp³-hybridized carbons (Fsp3) is 0.0800. The van der Waals surface area contributed by atoms with Crippen LogP contribution in [0.2, 0.25) is 0 Å². The molecule has 0 bridgehead atoms. The molecule has 5 rings (SSSR count). The van der Waals surface area contributed by atoms with Crippen LogP contribution in [-0.4, -0.2) is 17.4 Å². The molecule has 28 heavy (non-hydrogen) atoms. The van der Waals surface area contributed by atoms with Crippen LogP contribution < -0.4 is 0 Å². The number of para-hydroxylation sites is 3. The van der Waals surface area contributed by atoms with Crippen molar-refractivity contribution in [1.82, 2.24) is 9.55 Å². The van der Waals surface area contributed by atoms with Gasteiger partial charge in [-0.3, -0.25) is 4.57 Å². The molecular weight excluding hydrogens is 339 g/mol. The van der Waals surface area contributed by atoms with Crippen molar-refractivity contribution in [3.63, 3.8) is 0 Å². The third-order valence-corrected chi connectivity index (χ3v) is 5.27. The van der Waals surface area contributed by atoms with Crippen molar-refractivity contribution in [2.75, 3.05) is 0 Å². The Morgan fingerprint density at radius 2 is 1.43 bits per heavy atom. The van der Waals surface area contributed by atoms with Crippen LogP contribution in [0.25, 0.3) is 33.7 Å². The molecule has 0 aliphatic heterocycles. The normalized spacial score (nSPS) is 14.0. The summed E-state index contributed by atoms with van der Waals surface area (Å²) in [7, 11) is 5.89. The minimum absolute atomic E-state index is 0.928. The zero-order valence-electron chi connectivity index (χ0n) is 15.5. The van der Waals surface area contributed by atoms with Gasteiger partial charge in [-0.1, -0.05) is 66.7 Å². The zero-order valence-corrected chi connectivity index (χ0v) is 15.5. The van der Waals surface area contributed by atoms with Gasteiger partial charge in [-0.25, -0.2) is 4.98 Å². The molecule has 0 fully saturated rings. The van der Waals surface area contributed by atoms with E-state index < -0.39 is 0 Å². The second kappa shape index (κ2) is 7.01. The van der Waals surface area contributed by atoms with Gasteiger partial charge in [0.25, 0.3) is 0 Å². The zero-order chi connectivity index (χ0) is 18.9. The summed E-state index contributed by atoms with van der Waals surface area (Å²) in [5, 5.41) is 0. The van der Waals surface area contributed by atoms with Crippen LogP contribution in [0.4, 0.5) is 0 Å². The van der Waals surface area contributed by atoms with Crippen LogP contribution in [-0.2, 0) is 0 Å². The second-order valence-corrected chi connectivity index (χ2v) is 7.11. The van der Waals surface area contributed by atoms with Gasteiger partial charge in [0, 0.05) is 11.3 Å². The summed E-state index contributed by atoms with van der Waals surface area (Å²) >= 11 is 0. The number of imidazole rings is 1. The lowest BCUT2D eigenvalue weighted by Gasteiger charge is -2.14. The first kappa shape index (κ1) is 16.8. The number of hydrogen-bond acceptors (Lipinski definition) is 1. The van der Waals surface area contributed by atoms with E-state index in [4.69, 9.17) is 12.8 Å². The van der Waals surface area contributed by atoms with E-state index >= 15 is 0 Å². The van der Waals surface area contributed by atoms with Crippen molar-refractivity contribution >= 4 is 24.5 Å². The highest BCUT2D eigenvalue weighted by molar-refractivity contribution is 6.22. The van der Waals surface area contributed by atoms with Gasteiger partial charge in [0.2, 0.25) is 0 Å². The molecule has 0 saturated heterocycles. The fourth-order valence-electron chi connectivity index (χ4n) is 3.79. The maximum Gasteiger partial charge on any atom is 0.145 e. The Bertz CT molecular complexity index is 1200. The van der Waals surface area contributed by atoms with E-state index in [1.165, 1.54) is 11.1 Å². The van der Waals surface area contributed by atoms with Crippen LogP contribution in [0.15, 0.2) is 96.5 Å². The Kier molecular flexibility index (Phi) is 4.21. The number of fused-ring (bicyclic) bond motifs is 1. The number of nitrogens with zero attached hydrogens (tertiary/aromatic N) is 2. The maximum absolute atomic E-state index is 5.89. The molecule has 2 radical (unpaired) electrons. The Morgan fingerprint density at radius 3 is 2.18 bits per heavy atom. The number of aromatic nitrogens is 2. The first-order valence-corrected chi connectivity index (χ1v) is 9.58. The average Bonchev–Trinajstić information content (AvgIpc) is 3.15. The van der Waals surface area contributed by atoms with Gasteiger partial charge < -0.3 is 0 Å². The van der Waals surface area contributed by atoms with E-state index in [0.29, 0.717) is 0 Å². The summed E-state index contributed by atoms with van der Waals surface area (Å²) in [4.78, 5) is 4.93. The van der Waals surface area contributed by atoms with Crippen molar-refractivity contribution in [1.29, 1.82) is 0 Å². The second-order valence-electron chi connectivity index (χ2n) is 7.11. The van der Waals surface area contributed by atoms with Crippen molar-refractivity contribution in [2.45, 2.75) is 12.8 Å². The Balaban J connectivity index is 1.62. The number of benzene rings is 3. The van der Waals surface area contributed by atoms with Crippen molar-refractivity contribution in [2.24, 2.45) is 0 Å². The van der Waals surface area contributed by atoms with Crippen molar-refractivity contribution in [3.05, 3.63) is 102 Å². The highest BCUT2D eigenvalue weighted by Gasteiger charge is 2.14. The van der Waals surface area contributed by atoms with Gasteiger partial charge in [0.05, 0.1) is 11.0 Å².